The molecule has 14 aromatic rings. The Balaban J connectivity index is 1.15. The standard InChI is InChI=1S/C62H32O2/c1-3-23-50-40(15-1)56-44(21-9-25-52(56)63-50)59-46-30-29-36-39(28-27-35-31-48-37-17-5-11-33-12-6-18-38(54(33)37)49(48)32-47(35)36)58(46)61(45-22-10-26-53-57(45)41-16-2-4-24-51(41)64-53)62-43-20-8-14-34-13-7-19-42(55(34)43)60(59)62/h1-32H. The fraction of sp³-hybridized carbons (Fsp3) is 0. The van der Waals surface area contributed by atoms with E-state index in [9.17, 15) is 0 Å². The van der Waals surface area contributed by atoms with Crippen LogP contribution in [0.15, 0.2) is 203 Å². The van der Waals surface area contributed by atoms with Crippen LogP contribution in [0.5, 0.6) is 0 Å². The van der Waals surface area contributed by atoms with E-state index in [-0.39, 0.29) is 0 Å². The predicted molar refractivity (Wildman–Crippen MR) is 268 cm³/mol. The van der Waals surface area contributed by atoms with Crippen molar-refractivity contribution >= 4 is 97.7 Å². The smallest absolute Gasteiger partial charge is 0.136 e. The van der Waals surface area contributed by atoms with Crippen LogP contribution in [0.4, 0.5) is 0 Å². The summed E-state index contributed by atoms with van der Waals surface area (Å²) in [7, 11) is 0. The van der Waals surface area contributed by atoms with E-state index in [4.69, 9.17) is 8.83 Å². The average molecular weight is 809 g/mol. The van der Waals surface area contributed by atoms with Gasteiger partial charge in [0.25, 0.3) is 0 Å². The molecule has 2 heteroatoms. The van der Waals surface area contributed by atoms with Crippen molar-refractivity contribution in [2.75, 3.05) is 0 Å². The van der Waals surface area contributed by atoms with Crippen molar-refractivity contribution in [3.05, 3.63) is 194 Å². The molecule has 2 nitrogen and oxygen atoms in total. The van der Waals surface area contributed by atoms with Crippen LogP contribution in [0.3, 0.4) is 0 Å². The van der Waals surface area contributed by atoms with E-state index in [0.717, 1.165) is 43.9 Å². The van der Waals surface area contributed by atoms with E-state index in [1.54, 1.807) is 0 Å². The van der Waals surface area contributed by atoms with Crippen molar-refractivity contribution in [3.63, 3.8) is 0 Å². The lowest BCUT2D eigenvalue weighted by Gasteiger charge is -2.23. The number of hydrogen-bond acceptors (Lipinski definition) is 2. The summed E-state index contributed by atoms with van der Waals surface area (Å²) in [5.41, 5.74) is 18.7. The lowest BCUT2D eigenvalue weighted by Crippen LogP contribution is -1.96. The molecule has 0 amide bonds. The van der Waals surface area contributed by atoms with E-state index in [1.165, 1.54) is 121 Å². The van der Waals surface area contributed by atoms with Gasteiger partial charge in [0.15, 0.2) is 0 Å². The van der Waals surface area contributed by atoms with Crippen LogP contribution in [0, 0.1) is 0 Å². The minimum Gasteiger partial charge on any atom is -0.456 e. The number of fused-ring (bicyclic) bond motifs is 17. The van der Waals surface area contributed by atoms with Crippen molar-refractivity contribution in [2.24, 2.45) is 0 Å². The van der Waals surface area contributed by atoms with Gasteiger partial charge >= 0.3 is 0 Å². The molecule has 12 aromatic carbocycles. The highest BCUT2D eigenvalue weighted by atomic mass is 16.3. The van der Waals surface area contributed by atoms with Gasteiger partial charge in [-0.15, -0.1) is 0 Å². The first kappa shape index (κ1) is 33.2. The molecule has 2 heterocycles. The van der Waals surface area contributed by atoms with Gasteiger partial charge in [-0.25, -0.2) is 0 Å². The molecule has 0 saturated carbocycles. The van der Waals surface area contributed by atoms with Crippen molar-refractivity contribution in [3.8, 4) is 66.8 Å². The second-order valence-corrected chi connectivity index (χ2v) is 17.7. The number of hydrogen-bond donors (Lipinski definition) is 0. The molecule has 16 rings (SSSR count). The predicted octanol–water partition coefficient (Wildman–Crippen LogP) is 17.9. The highest BCUT2D eigenvalue weighted by Gasteiger charge is 2.33. The first-order valence-electron chi connectivity index (χ1n) is 22.2. The summed E-state index contributed by atoms with van der Waals surface area (Å²) in [6, 6.07) is 71.9. The fourth-order valence-corrected chi connectivity index (χ4v) is 12.2. The van der Waals surface area contributed by atoms with E-state index in [1.807, 2.05) is 0 Å². The summed E-state index contributed by atoms with van der Waals surface area (Å²) in [6.07, 6.45) is 0. The average Bonchev–Trinajstić information content (AvgIpc) is 4.10. The summed E-state index contributed by atoms with van der Waals surface area (Å²) in [4.78, 5) is 0. The van der Waals surface area contributed by atoms with E-state index < -0.39 is 0 Å². The topological polar surface area (TPSA) is 26.3 Å². The zero-order chi connectivity index (χ0) is 41.4. The molecule has 292 valence electrons. The third-order valence-electron chi connectivity index (χ3n) is 14.7. The summed E-state index contributed by atoms with van der Waals surface area (Å²) < 4.78 is 13.3. The summed E-state index contributed by atoms with van der Waals surface area (Å²) in [5.74, 6) is 0. The molecule has 2 aliphatic carbocycles. The molecule has 0 atom stereocenters. The van der Waals surface area contributed by atoms with Gasteiger partial charge in [-0.3, -0.25) is 0 Å². The second-order valence-electron chi connectivity index (χ2n) is 17.7. The Morgan fingerprint density at radius 2 is 0.656 bits per heavy atom. The van der Waals surface area contributed by atoms with Gasteiger partial charge in [0, 0.05) is 21.5 Å². The van der Waals surface area contributed by atoms with Gasteiger partial charge in [0.2, 0.25) is 0 Å². The summed E-state index contributed by atoms with van der Waals surface area (Å²) in [5, 5.41) is 17.1. The zero-order valence-corrected chi connectivity index (χ0v) is 34.3. The van der Waals surface area contributed by atoms with Crippen LogP contribution in [0.2, 0.25) is 0 Å². The molecule has 0 unspecified atom stereocenters. The maximum absolute atomic E-state index is 6.67. The molecule has 0 aliphatic heterocycles. The van der Waals surface area contributed by atoms with Crippen LogP contribution < -0.4 is 0 Å². The number of benzene rings is 12. The zero-order valence-electron chi connectivity index (χ0n) is 34.3. The molecule has 0 radical (unpaired) electrons. The summed E-state index contributed by atoms with van der Waals surface area (Å²) >= 11 is 0. The molecule has 64 heavy (non-hydrogen) atoms. The SMILES string of the molecule is c1cc2c3c(cccc3c1)-c1cc3c(ccc4c3ccc3c(-c5cccc6oc7ccccc7c56)c5c(c(-c6cccc7oc8ccccc8c67)c34)-c3cccc4cccc-5c34)cc1-2. The van der Waals surface area contributed by atoms with E-state index in [0.29, 0.717) is 0 Å². The van der Waals surface area contributed by atoms with E-state index in [2.05, 4.69) is 194 Å². The van der Waals surface area contributed by atoms with Crippen LogP contribution in [0.25, 0.3) is 165 Å². The van der Waals surface area contributed by atoms with Gasteiger partial charge in [-0.05, 0) is 157 Å². The minimum atomic E-state index is 0.892. The van der Waals surface area contributed by atoms with Crippen molar-refractivity contribution in [1.82, 2.24) is 0 Å². The molecule has 0 saturated heterocycles. The largest absolute Gasteiger partial charge is 0.456 e. The normalized spacial score (nSPS) is 12.7. The van der Waals surface area contributed by atoms with Gasteiger partial charge < -0.3 is 8.83 Å². The number of para-hydroxylation sites is 2. The summed E-state index contributed by atoms with van der Waals surface area (Å²) in [6.45, 7) is 0. The fourth-order valence-electron chi connectivity index (χ4n) is 12.2. The molecule has 2 aliphatic rings. The second kappa shape index (κ2) is 11.7. The molecule has 0 spiro atoms. The van der Waals surface area contributed by atoms with Crippen LogP contribution >= 0.6 is 0 Å². The number of furan rings is 2. The van der Waals surface area contributed by atoms with Crippen molar-refractivity contribution < 1.29 is 8.83 Å². The Hall–Kier alpha value is -8.46. The Labute approximate surface area is 365 Å². The molecule has 0 bridgehead atoms. The third-order valence-corrected chi connectivity index (χ3v) is 14.7. The molecule has 0 fully saturated rings. The maximum Gasteiger partial charge on any atom is 0.136 e. The number of rotatable bonds is 2. The van der Waals surface area contributed by atoms with E-state index >= 15 is 0 Å². The highest BCUT2D eigenvalue weighted by Crippen LogP contribution is 2.61. The Kier molecular flexibility index (Phi) is 6.08. The van der Waals surface area contributed by atoms with Gasteiger partial charge in [0.1, 0.15) is 22.3 Å². The molecular formula is C62H32O2. The first-order valence-corrected chi connectivity index (χ1v) is 22.2. The Bertz CT molecular complexity index is 4470. The molecular weight excluding hydrogens is 777 g/mol. The third kappa shape index (κ3) is 4.03. The van der Waals surface area contributed by atoms with Gasteiger partial charge in [-0.1, -0.05) is 158 Å². The quantitative estimate of drug-likeness (QED) is 0.163. The lowest BCUT2D eigenvalue weighted by molar-refractivity contribution is 0.668. The van der Waals surface area contributed by atoms with Crippen LogP contribution in [-0.2, 0) is 0 Å². The maximum atomic E-state index is 6.67. The first-order chi connectivity index (χ1) is 31.8. The highest BCUT2D eigenvalue weighted by molar-refractivity contribution is 6.36. The van der Waals surface area contributed by atoms with Gasteiger partial charge in [0.05, 0.1) is 0 Å². The van der Waals surface area contributed by atoms with Crippen molar-refractivity contribution in [2.45, 2.75) is 0 Å². The lowest BCUT2D eigenvalue weighted by atomic mass is 9.79. The Morgan fingerprint density at radius 1 is 0.203 bits per heavy atom. The monoisotopic (exact) mass is 808 g/mol. The Morgan fingerprint density at radius 3 is 1.28 bits per heavy atom. The van der Waals surface area contributed by atoms with Crippen LogP contribution in [-0.4, -0.2) is 0 Å². The van der Waals surface area contributed by atoms with Gasteiger partial charge in [-0.2, -0.15) is 0 Å². The molecule has 2 aromatic heterocycles. The minimum absolute atomic E-state index is 0.892. The van der Waals surface area contributed by atoms with Crippen molar-refractivity contribution in [1.29, 1.82) is 0 Å². The van der Waals surface area contributed by atoms with Crippen LogP contribution in [0.1, 0.15) is 0 Å². The molecule has 0 N–H and O–H groups in total.